The molecule has 1 aliphatic heterocycles. The van der Waals surface area contributed by atoms with Gasteiger partial charge in [0, 0.05) is 25.7 Å². The number of sulfonamides is 1. The molecule has 1 aliphatic rings. The first-order chi connectivity index (χ1) is 10.0. The average molecular weight is 310 g/mol. The van der Waals surface area contributed by atoms with Gasteiger partial charge in [-0.25, -0.2) is 13.4 Å². The minimum atomic E-state index is -3.54. The fourth-order valence-corrected chi connectivity index (χ4v) is 4.17. The summed E-state index contributed by atoms with van der Waals surface area (Å²) in [6.07, 6.45) is 2.01. The number of rotatable bonds is 3. The van der Waals surface area contributed by atoms with Crippen molar-refractivity contribution >= 4 is 21.1 Å². The van der Waals surface area contributed by atoms with E-state index < -0.39 is 10.0 Å². The van der Waals surface area contributed by atoms with E-state index in [9.17, 15) is 8.42 Å². The maximum Gasteiger partial charge on any atom is 0.258 e. The molecule has 0 bridgehead atoms. The van der Waals surface area contributed by atoms with E-state index in [1.54, 1.807) is 6.07 Å². The highest BCUT2D eigenvalue weighted by Gasteiger charge is 2.31. The Morgan fingerprint density at radius 3 is 3.05 bits per heavy atom. The number of aryl methyl sites for hydroxylation is 1. The molecule has 0 spiro atoms. The number of nitrogens with one attached hydrogen (secondary N) is 1. The lowest BCUT2D eigenvalue weighted by Crippen LogP contribution is -2.52. The van der Waals surface area contributed by atoms with Gasteiger partial charge in [0.05, 0.1) is 17.3 Å². The quantitative estimate of drug-likeness (QED) is 0.901. The van der Waals surface area contributed by atoms with Crippen LogP contribution in [-0.2, 0) is 16.4 Å². The fourth-order valence-electron chi connectivity index (χ4n) is 2.57. The molecule has 114 valence electrons. The second-order valence-electron chi connectivity index (χ2n) is 5.18. The Labute approximate surface area is 123 Å². The van der Waals surface area contributed by atoms with Gasteiger partial charge in [0.15, 0.2) is 0 Å². The summed E-state index contributed by atoms with van der Waals surface area (Å²) >= 11 is 0. The Balaban J connectivity index is 2.05. The van der Waals surface area contributed by atoms with Crippen molar-refractivity contribution in [2.45, 2.75) is 31.2 Å². The summed E-state index contributed by atoms with van der Waals surface area (Å²) in [4.78, 5) is 4.28. The van der Waals surface area contributed by atoms with Crippen molar-refractivity contribution in [3.8, 4) is 0 Å². The Hall–Kier alpha value is -1.51. The largest absolute Gasteiger partial charge is 0.336 e. The number of piperazine rings is 1. The topological polar surface area (TPSA) is 88.3 Å². The molecule has 0 saturated carbocycles. The van der Waals surface area contributed by atoms with Crippen molar-refractivity contribution in [2.75, 3.05) is 19.6 Å². The molecule has 1 fully saturated rings. The van der Waals surface area contributed by atoms with Crippen molar-refractivity contribution in [3.63, 3.8) is 0 Å². The van der Waals surface area contributed by atoms with Gasteiger partial charge in [-0.15, -0.1) is 0 Å². The summed E-state index contributed by atoms with van der Waals surface area (Å²) in [6.45, 7) is 5.62. The lowest BCUT2D eigenvalue weighted by atomic mass is 10.2. The second-order valence-corrected chi connectivity index (χ2v) is 7.07. The van der Waals surface area contributed by atoms with Crippen LogP contribution in [-0.4, -0.2) is 48.5 Å². The summed E-state index contributed by atoms with van der Waals surface area (Å²) in [5, 5.41) is 7.76. The lowest BCUT2D eigenvalue weighted by molar-refractivity contribution is 0.284. The first-order valence-corrected chi connectivity index (χ1v) is 8.45. The third-order valence-electron chi connectivity index (χ3n) is 3.76. The zero-order chi connectivity index (χ0) is 15.0. The van der Waals surface area contributed by atoms with Gasteiger partial charge in [0.1, 0.15) is 4.90 Å². The number of fused-ring (bicyclic) bond motifs is 1. The zero-order valence-corrected chi connectivity index (χ0v) is 12.9. The predicted octanol–water partition coefficient (Wildman–Crippen LogP) is 0.768. The number of aromatic nitrogens is 2. The molecule has 1 saturated heterocycles. The van der Waals surface area contributed by atoms with Crippen molar-refractivity contribution in [1.82, 2.24) is 19.8 Å². The predicted molar refractivity (Wildman–Crippen MR) is 77.4 cm³/mol. The van der Waals surface area contributed by atoms with Gasteiger partial charge in [0.2, 0.25) is 10.0 Å². The summed E-state index contributed by atoms with van der Waals surface area (Å²) in [7, 11) is -3.54. The molecule has 0 amide bonds. The molecular formula is C13H18N4O3S. The van der Waals surface area contributed by atoms with Gasteiger partial charge < -0.3 is 9.84 Å². The maximum absolute atomic E-state index is 12.8. The van der Waals surface area contributed by atoms with Gasteiger partial charge in [0.25, 0.3) is 5.71 Å². The van der Waals surface area contributed by atoms with Crippen LogP contribution in [0.15, 0.2) is 21.7 Å². The van der Waals surface area contributed by atoms with Crippen molar-refractivity contribution in [1.29, 1.82) is 0 Å². The number of pyridine rings is 1. The molecule has 7 nitrogen and oxygen atoms in total. The number of nitrogens with zero attached hydrogens (tertiary/aromatic N) is 3. The molecule has 0 aromatic carbocycles. The van der Waals surface area contributed by atoms with Crippen LogP contribution >= 0.6 is 0 Å². The van der Waals surface area contributed by atoms with Crippen LogP contribution in [0, 0.1) is 0 Å². The van der Waals surface area contributed by atoms with Gasteiger partial charge >= 0.3 is 0 Å². The van der Waals surface area contributed by atoms with Crippen LogP contribution < -0.4 is 5.32 Å². The summed E-state index contributed by atoms with van der Waals surface area (Å²) in [5.41, 5.74) is 1.10. The molecule has 1 atom stereocenters. The normalized spacial score (nSPS) is 21.0. The molecule has 3 heterocycles. The molecule has 0 unspecified atom stereocenters. The molecule has 8 heteroatoms. The Morgan fingerprint density at radius 1 is 1.52 bits per heavy atom. The van der Waals surface area contributed by atoms with Gasteiger partial charge in [-0.3, -0.25) is 0 Å². The average Bonchev–Trinajstić information content (AvgIpc) is 2.89. The van der Waals surface area contributed by atoms with Crippen LogP contribution in [0.5, 0.6) is 0 Å². The van der Waals surface area contributed by atoms with Crippen molar-refractivity contribution in [2.24, 2.45) is 0 Å². The molecule has 2 aromatic rings. The van der Waals surface area contributed by atoms with Gasteiger partial charge in [-0.1, -0.05) is 12.1 Å². The highest BCUT2D eigenvalue weighted by Crippen LogP contribution is 2.24. The van der Waals surface area contributed by atoms with E-state index in [2.05, 4.69) is 15.5 Å². The Bertz CT molecular complexity index is 756. The smallest absolute Gasteiger partial charge is 0.258 e. The zero-order valence-electron chi connectivity index (χ0n) is 12.0. The molecule has 0 radical (unpaired) electrons. The molecule has 3 rings (SSSR count). The maximum atomic E-state index is 12.8. The summed E-state index contributed by atoms with van der Waals surface area (Å²) in [6, 6.07) is 1.54. The van der Waals surface area contributed by atoms with Crippen LogP contribution in [0.4, 0.5) is 0 Å². The van der Waals surface area contributed by atoms with E-state index in [4.69, 9.17) is 4.52 Å². The summed E-state index contributed by atoms with van der Waals surface area (Å²) in [5.74, 6) is 0. The minimum Gasteiger partial charge on any atom is -0.336 e. The van der Waals surface area contributed by atoms with E-state index in [1.807, 2.05) is 13.8 Å². The van der Waals surface area contributed by atoms with E-state index in [1.165, 1.54) is 10.5 Å². The Kier molecular flexibility index (Phi) is 3.68. The van der Waals surface area contributed by atoms with E-state index >= 15 is 0 Å². The minimum absolute atomic E-state index is 0.0763. The molecule has 0 aliphatic carbocycles. The lowest BCUT2D eigenvalue weighted by Gasteiger charge is -2.32. The van der Waals surface area contributed by atoms with Crippen molar-refractivity contribution in [3.05, 3.63) is 18.0 Å². The van der Waals surface area contributed by atoms with Gasteiger partial charge in [-0.05, 0) is 19.4 Å². The second kappa shape index (κ2) is 5.36. The highest BCUT2D eigenvalue weighted by molar-refractivity contribution is 7.89. The standard InChI is InChI=1S/C13H18N4O3S/c1-3-12-11-6-10(8-15-13(11)20-16-12)21(18,19)17-5-4-14-7-9(17)2/h6,8-9,14H,3-5,7H2,1-2H3/t9-/m0/s1. The van der Waals surface area contributed by atoms with Crippen molar-refractivity contribution < 1.29 is 12.9 Å². The Morgan fingerprint density at radius 2 is 2.33 bits per heavy atom. The van der Waals surface area contributed by atoms with E-state index in [0.717, 1.165) is 5.69 Å². The summed E-state index contributed by atoms with van der Waals surface area (Å²) < 4.78 is 32.2. The van der Waals surface area contributed by atoms with Crippen LogP contribution in [0.2, 0.25) is 0 Å². The van der Waals surface area contributed by atoms with E-state index in [0.29, 0.717) is 37.2 Å². The van der Waals surface area contributed by atoms with Crippen LogP contribution in [0.25, 0.3) is 11.1 Å². The fraction of sp³-hybridized carbons (Fsp3) is 0.538. The van der Waals surface area contributed by atoms with Gasteiger partial charge in [-0.2, -0.15) is 4.31 Å². The monoisotopic (exact) mass is 310 g/mol. The van der Waals surface area contributed by atoms with E-state index in [-0.39, 0.29) is 10.9 Å². The molecule has 2 aromatic heterocycles. The molecular weight excluding hydrogens is 292 g/mol. The molecule has 21 heavy (non-hydrogen) atoms. The number of hydrogen-bond acceptors (Lipinski definition) is 6. The van der Waals surface area contributed by atoms with Crippen LogP contribution in [0.1, 0.15) is 19.5 Å². The highest BCUT2D eigenvalue weighted by atomic mass is 32.2. The van der Waals surface area contributed by atoms with Crippen LogP contribution in [0.3, 0.4) is 0 Å². The first kappa shape index (κ1) is 14.4. The first-order valence-electron chi connectivity index (χ1n) is 7.01. The third kappa shape index (κ3) is 2.43. The third-order valence-corrected chi connectivity index (χ3v) is 5.74. The number of hydrogen-bond donors (Lipinski definition) is 1. The SMILES string of the molecule is CCc1noc2ncc(S(=O)(=O)N3CCNC[C@@H]3C)cc12. The molecule has 1 N–H and O–H groups in total.